The summed E-state index contributed by atoms with van der Waals surface area (Å²) in [5.74, 6) is 6.17. The monoisotopic (exact) mass is 304 g/mol. The second-order valence-corrected chi connectivity index (χ2v) is 4.75. The smallest absolute Gasteiger partial charge is 0.167 e. The molecule has 0 radical (unpaired) electrons. The first-order valence-electron chi connectivity index (χ1n) is 7.07. The first kappa shape index (κ1) is 16.2. The van der Waals surface area contributed by atoms with Crippen molar-refractivity contribution in [3.8, 4) is 36.2 Å². The van der Waals surface area contributed by atoms with Crippen LogP contribution in [0.4, 0.5) is 0 Å². The maximum absolute atomic E-state index is 12.3. The number of ketones is 1. The molecule has 0 N–H and O–H groups in total. The van der Waals surface area contributed by atoms with Crippen LogP contribution < -0.4 is 9.47 Å². The average Bonchev–Trinajstić information content (AvgIpc) is 2.59. The van der Waals surface area contributed by atoms with Crippen LogP contribution in [-0.2, 0) is 6.42 Å². The van der Waals surface area contributed by atoms with Crippen LogP contribution in [0.1, 0.15) is 15.9 Å². The summed E-state index contributed by atoms with van der Waals surface area (Å²) in [6.07, 6.45) is 10.6. The lowest BCUT2D eigenvalue weighted by atomic mass is 10.0. The van der Waals surface area contributed by atoms with E-state index < -0.39 is 0 Å². The average molecular weight is 304 g/mol. The van der Waals surface area contributed by atoms with Crippen molar-refractivity contribution in [3.63, 3.8) is 0 Å². The zero-order valence-electron chi connectivity index (χ0n) is 12.6. The van der Waals surface area contributed by atoms with E-state index in [4.69, 9.17) is 22.3 Å². The quantitative estimate of drug-likeness (QED) is 0.582. The lowest BCUT2D eigenvalue weighted by Crippen LogP contribution is -2.04. The molecule has 0 bridgehead atoms. The van der Waals surface area contributed by atoms with Gasteiger partial charge in [-0.25, -0.2) is 0 Å². The Balaban J connectivity index is 1.96. The van der Waals surface area contributed by atoms with E-state index in [1.165, 1.54) is 0 Å². The molecule has 23 heavy (non-hydrogen) atoms. The molecule has 2 aromatic carbocycles. The van der Waals surface area contributed by atoms with Gasteiger partial charge in [0.2, 0.25) is 0 Å². The fourth-order valence-electron chi connectivity index (χ4n) is 1.98. The summed E-state index contributed by atoms with van der Waals surface area (Å²) in [6.45, 7) is 0.438. The number of rotatable bonds is 7. The van der Waals surface area contributed by atoms with Crippen LogP contribution in [0.2, 0.25) is 0 Å². The summed E-state index contributed by atoms with van der Waals surface area (Å²) >= 11 is 0. The highest BCUT2D eigenvalue weighted by atomic mass is 16.5. The summed E-state index contributed by atoms with van der Waals surface area (Å²) in [5.41, 5.74) is 1.54. The van der Waals surface area contributed by atoms with Crippen LogP contribution >= 0.6 is 0 Å². The second-order valence-electron chi connectivity index (χ2n) is 4.75. The molecule has 3 heteroatoms. The lowest BCUT2D eigenvalue weighted by molar-refractivity contribution is 0.0993. The molecule has 2 aromatic rings. The number of benzene rings is 2. The highest BCUT2D eigenvalue weighted by Gasteiger charge is 2.07. The van der Waals surface area contributed by atoms with Gasteiger partial charge < -0.3 is 9.47 Å². The van der Waals surface area contributed by atoms with Crippen LogP contribution in [0.5, 0.6) is 11.5 Å². The van der Waals surface area contributed by atoms with Gasteiger partial charge in [-0.15, -0.1) is 12.8 Å². The molecule has 0 unspecified atom stereocenters. The normalized spacial score (nSPS) is 9.48. The van der Waals surface area contributed by atoms with Gasteiger partial charge in [0.05, 0.1) is 0 Å². The number of carbonyl (C=O) groups is 1. The van der Waals surface area contributed by atoms with Crippen molar-refractivity contribution < 1.29 is 14.3 Å². The predicted octanol–water partition coefficient (Wildman–Crippen LogP) is 3.14. The minimum Gasteiger partial charge on any atom is -0.481 e. The second kappa shape index (κ2) is 8.32. The molecule has 0 aliphatic carbocycles. The van der Waals surface area contributed by atoms with E-state index in [2.05, 4.69) is 11.8 Å². The highest BCUT2D eigenvalue weighted by Crippen LogP contribution is 2.16. The summed E-state index contributed by atoms with van der Waals surface area (Å²) in [7, 11) is 0. The standard InChI is InChI=1S/C20H16O3/c1-3-13-22-18-9-5-16(6-10-18)15-20(21)17-7-11-19(12-8-17)23-14-4-2/h1-2,5-12H,13-15H2. The van der Waals surface area contributed by atoms with Gasteiger partial charge in [-0.1, -0.05) is 24.0 Å². The summed E-state index contributed by atoms with van der Waals surface area (Å²) in [4.78, 5) is 12.3. The Morgan fingerprint density at radius 2 is 1.30 bits per heavy atom. The summed E-state index contributed by atoms with van der Waals surface area (Å²) in [6, 6.07) is 14.3. The molecule has 0 amide bonds. The van der Waals surface area contributed by atoms with E-state index in [1.54, 1.807) is 36.4 Å². The third-order valence-corrected chi connectivity index (χ3v) is 3.11. The van der Waals surface area contributed by atoms with Gasteiger partial charge in [-0.2, -0.15) is 0 Å². The zero-order valence-corrected chi connectivity index (χ0v) is 12.6. The highest BCUT2D eigenvalue weighted by molar-refractivity contribution is 5.97. The molecule has 0 heterocycles. The molecule has 0 aliphatic heterocycles. The summed E-state index contributed by atoms with van der Waals surface area (Å²) < 4.78 is 10.6. The van der Waals surface area contributed by atoms with Gasteiger partial charge >= 0.3 is 0 Å². The van der Waals surface area contributed by atoms with E-state index in [0.717, 1.165) is 5.56 Å². The van der Waals surface area contributed by atoms with Gasteiger partial charge in [0, 0.05) is 12.0 Å². The van der Waals surface area contributed by atoms with Crippen molar-refractivity contribution in [2.75, 3.05) is 13.2 Å². The van der Waals surface area contributed by atoms with E-state index >= 15 is 0 Å². The lowest BCUT2D eigenvalue weighted by Gasteiger charge is -2.06. The number of carbonyl (C=O) groups excluding carboxylic acids is 1. The molecule has 0 saturated carbocycles. The third kappa shape index (κ3) is 4.95. The Labute approximate surface area is 136 Å². The maximum Gasteiger partial charge on any atom is 0.167 e. The van der Waals surface area contributed by atoms with Crippen LogP contribution in [0, 0.1) is 24.7 Å². The SMILES string of the molecule is C#CCOc1ccc(CC(=O)c2ccc(OCC#C)cc2)cc1. The van der Waals surface area contributed by atoms with Gasteiger partial charge in [0.15, 0.2) is 5.78 Å². The first-order valence-corrected chi connectivity index (χ1v) is 7.07. The number of ether oxygens (including phenoxy) is 2. The number of Topliss-reactive ketones (excluding diaryl/α,β-unsaturated/α-hetero) is 1. The largest absolute Gasteiger partial charge is 0.481 e. The van der Waals surface area contributed by atoms with Crippen molar-refractivity contribution in [1.29, 1.82) is 0 Å². The Bertz CT molecular complexity index is 728. The van der Waals surface area contributed by atoms with Crippen LogP contribution in [0.15, 0.2) is 48.5 Å². The van der Waals surface area contributed by atoms with Crippen LogP contribution in [-0.4, -0.2) is 19.0 Å². The van der Waals surface area contributed by atoms with Gasteiger partial charge in [0.1, 0.15) is 24.7 Å². The molecule has 3 nitrogen and oxygen atoms in total. The van der Waals surface area contributed by atoms with E-state index in [0.29, 0.717) is 23.5 Å². The van der Waals surface area contributed by atoms with Gasteiger partial charge in [0.25, 0.3) is 0 Å². The minimum atomic E-state index is 0.0331. The molecule has 2 rings (SSSR count). The van der Waals surface area contributed by atoms with Crippen LogP contribution in [0.3, 0.4) is 0 Å². The molecule has 0 atom stereocenters. The number of terminal acetylenes is 2. The topological polar surface area (TPSA) is 35.5 Å². The Kier molecular flexibility index (Phi) is 5.86. The van der Waals surface area contributed by atoms with Gasteiger partial charge in [-0.3, -0.25) is 4.79 Å². The van der Waals surface area contributed by atoms with E-state index in [-0.39, 0.29) is 19.0 Å². The predicted molar refractivity (Wildman–Crippen MR) is 89.6 cm³/mol. The van der Waals surface area contributed by atoms with Gasteiger partial charge in [-0.05, 0) is 42.0 Å². The molecule has 114 valence electrons. The molecular weight excluding hydrogens is 288 g/mol. The summed E-state index contributed by atoms with van der Waals surface area (Å²) in [5, 5.41) is 0. The fourth-order valence-corrected chi connectivity index (χ4v) is 1.98. The Morgan fingerprint density at radius 1 is 0.826 bits per heavy atom. The minimum absolute atomic E-state index is 0.0331. The number of hydrogen-bond donors (Lipinski definition) is 0. The molecule has 0 fully saturated rings. The molecular formula is C20H16O3. The first-order chi connectivity index (χ1) is 11.2. The molecule has 0 aromatic heterocycles. The molecule has 0 saturated heterocycles. The van der Waals surface area contributed by atoms with E-state index in [1.807, 2.05) is 12.1 Å². The van der Waals surface area contributed by atoms with Crippen LogP contribution in [0.25, 0.3) is 0 Å². The maximum atomic E-state index is 12.3. The Morgan fingerprint density at radius 3 is 1.78 bits per heavy atom. The third-order valence-electron chi connectivity index (χ3n) is 3.11. The van der Waals surface area contributed by atoms with Crippen molar-refractivity contribution in [2.45, 2.75) is 6.42 Å². The molecule has 0 aliphatic rings. The van der Waals surface area contributed by atoms with E-state index in [9.17, 15) is 4.79 Å². The fraction of sp³-hybridized carbons (Fsp3) is 0.150. The Hall–Kier alpha value is -3.17. The van der Waals surface area contributed by atoms with Crippen molar-refractivity contribution in [2.24, 2.45) is 0 Å². The number of hydrogen-bond acceptors (Lipinski definition) is 3. The zero-order chi connectivity index (χ0) is 16.5. The molecule has 0 spiro atoms. The van der Waals surface area contributed by atoms with Crippen molar-refractivity contribution >= 4 is 5.78 Å². The van der Waals surface area contributed by atoms with Crippen molar-refractivity contribution in [3.05, 3.63) is 59.7 Å². The van der Waals surface area contributed by atoms with Crippen molar-refractivity contribution in [1.82, 2.24) is 0 Å².